The minimum Gasteiger partial charge on any atom is -0.348 e. The van der Waals surface area contributed by atoms with Gasteiger partial charge in [0, 0.05) is 24.7 Å². The summed E-state index contributed by atoms with van der Waals surface area (Å²) in [5, 5.41) is 7.98. The quantitative estimate of drug-likeness (QED) is 0.846. The van der Waals surface area contributed by atoms with Gasteiger partial charge in [-0.05, 0) is 43.0 Å². The van der Waals surface area contributed by atoms with Crippen molar-refractivity contribution in [1.29, 1.82) is 0 Å². The lowest BCUT2D eigenvalue weighted by molar-refractivity contribution is -0.122. The zero-order valence-electron chi connectivity index (χ0n) is 13.1. The summed E-state index contributed by atoms with van der Waals surface area (Å²) in [5.74, 6) is 0.0852. The number of halogens is 1. The summed E-state index contributed by atoms with van der Waals surface area (Å²) in [7, 11) is 1.89. The maximum atomic E-state index is 12.1. The molecule has 0 aliphatic carbocycles. The van der Waals surface area contributed by atoms with Gasteiger partial charge in [-0.25, -0.2) is 0 Å². The Morgan fingerprint density at radius 3 is 2.64 bits per heavy atom. The third kappa shape index (κ3) is 4.60. The van der Waals surface area contributed by atoms with Gasteiger partial charge in [0.05, 0.1) is 11.7 Å². The first-order valence-corrected chi connectivity index (χ1v) is 7.99. The van der Waals surface area contributed by atoms with Gasteiger partial charge in [0.25, 0.3) is 0 Å². The van der Waals surface area contributed by atoms with Crippen LogP contribution in [0.1, 0.15) is 43.5 Å². The molecule has 1 aromatic heterocycles. The molecule has 0 saturated heterocycles. The third-order valence-corrected chi connectivity index (χ3v) is 3.99. The molecule has 1 N–H and O–H groups in total. The summed E-state index contributed by atoms with van der Waals surface area (Å²) in [4.78, 5) is 12.1. The van der Waals surface area contributed by atoms with Crippen molar-refractivity contribution in [3.05, 3.63) is 52.8 Å². The average Bonchev–Trinajstić information content (AvgIpc) is 2.93. The van der Waals surface area contributed by atoms with E-state index < -0.39 is 0 Å². The lowest BCUT2D eigenvalue weighted by atomic mass is 10.1. The van der Waals surface area contributed by atoms with Crippen LogP contribution in [0.3, 0.4) is 0 Å². The fraction of sp³-hybridized carbons (Fsp3) is 0.412. The highest BCUT2D eigenvalue weighted by Crippen LogP contribution is 2.16. The lowest BCUT2D eigenvalue weighted by Gasteiger charge is -2.17. The number of amides is 1. The van der Waals surface area contributed by atoms with Crippen LogP contribution < -0.4 is 5.32 Å². The smallest absolute Gasteiger partial charge is 0.220 e. The summed E-state index contributed by atoms with van der Waals surface area (Å²) >= 11 is 5.86. The van der Waals surface area contributed by atoms with Crippen LogP contribution in [-0.2, 0) is 18.3 Å². The van der Waals surface area contributed by atoms with Crippen molar-refractivity contribution in [1.82, 2.24) is 15.1 Å². The number of nitrogens with zero attached hydrogens (tertiary/aromatic N) is 2. The molecule has 0 spiro atoms. The van der Waals surface area contributed by atoms with E-state index in [9.17, 15) is 4.79 Å². The number of carbonyl (C=O) groups excluding carboxylic acids is 1. The molecular weight excluding hydrogens is 298 g/mol. The van der Waals surface area contributed by atoms with Crippen molar-refractivity contribution >= 4 is 17.5 Å². The fourth-order valence-corrected chi connectivity index (χ4v) is 2.61. The maximum absolute atomic E-state index is 12.1. The molecule has 0 aliphatic heterocycles. The highest BCUT2D eigenvalue weighted by atomic mass is 35.5. The van der Waals surface area contributed by atoms with Gasteiger partial charge in [-0.1, -0.05) is 30.7 Å². The van der Waals surface area contributed by atoms with Crippen molar-refractivity contribution < 1.29 is 4.79 Å². The van der Waals surface area contributed by atoms with Gasteiger partial charge in [0.1, 0.15) is 0 Å². The van der Waals surface area contributed by atoms with Crippen molar-refractivity contribution in [3.63, 3.8) is 0 Å². The molecule has 2 rings (SSSR count). The van der Waals surface area contributed by atoms with Crippen molar-refractivity contribution in [2.45, 2.75) is 38.6 Å². The molecule has 2 aromatic rings. The molecule has 0 radical (unpaired) electrons. The summed E-state index contributed by atoms with van der Waals surface area (Å²) < 4.78 is 1.81. The second kappa shape index (κ2) is 7.99. The third-order valence-electron chi connectivity index (χ3n) is 3.74. The summed E-state index contributed by atoms with van der Waals surface area (Å²) in [6.07, 6.45) is 4.84. The predicted molar refractivity (Wildman–Crippen MR) is 88.8 cm³/mol. The highest BCUT2D eigenvalue weighted by Gasteiger charge is 2.15. The molecule has 0 bridgehead atoms. The minimum atomic E-state index is 0.0236. The Kier molecular flexibility index (Phi) is 6.01. The van der Waals surface area contributed by atoms with E-state index in [0.717, 1.165) is 30.0 Å². The van der Waals surface area contributed by atoms with Gasteiger partial charge in [0.2, 0.25) is 5.91 Å². The van der Waals surface area contributed by atoms with E-state index in [0.29, 0.717) is 6.42 Å². The van der Waals surface area contributed by atoms with Crippen LogP contribution in [0.4, 0.5) is 0 Å². The van der Waals surface area contributed by atoms with Crippen LogP contribution in [0.2, 0.25) is 5.02 Å². The van der Waals surface area contributed by atoms with Crippen LogP contribution in [0.5, 0.6) is 0 Å². The number of rotatable bonds is 7. The molecule has 5 heteroatoms. The molecular formula is C17H22ClN3O. The van der Waals surface area contributed by atoms with E-state index >= 15 is 0 Å². The van der Waals surface area contributed by atoms with Crippen LogP contribution >= 0.6 is 11.6 Å². The molecule has 1 unspecified atom stereocenters. The maximum Gasteiger partial charge on any atom is 0.220 e. The Labute approximate surface area is 136 Å². The second-order valence-electron chi connectivity index (χ2n) is 5.39. The normalized spacial score (nSPS) is 12.1. The Morgan fingerprint density at radius 1 is 1.32 bits per heavy atom. The molecule has 0 fully saturated rings. The largest absolute Gasteiger partial charge is 0.348 e. The van der Waals surface area contributed by atoms with E-state index in [1.165, 1.54) is 5.56 Å². The molecule has 0 saturated carbocycles. The second-order valence-corrected chi connectivity index (χ2v) is 5.82. The fourth-order valence-electron chi connectivity index (χ4n) is 2.48. The first-order chi connectivity index (χ1) is 10.6. The van der Waals surface area contributed by atoms with Crippen molar-refractivity contribution in [2.75, 3.05) is 0 Å². The van der Waals surface area contributed by atoms with Gasteiger partial charge >= 0.3 is 0 Å². The standard InChI is InChI=1S/C17H22ClN3O/c1-3-15(16-11-12-19-21(16)2)20-17(22)6-4-5-13-7-9-14(18)10-8-13/h7-12,15H,3-6H2,1-2H3,(H,20,22). The summed E-state index contributed by atoms with van der Waals surface area (Å²) in [5.41, 5.74) is 2.24. The average molecular weight is 320 g/mol. The Morgan fingerprint density at radius 2 is 2.05 bits per heavy atom. The van der Waals surface area contributed by atoms with E-state index in [2.05, 4.69) is 17.3 Å². The number of aromatic nitrogens is 2. The zero-order chi connectivity index (χ0) is 15.9. The zero-order valence-corrected chi connectivity index (χ0v) is 13.8. The molecule has 1 heterocycles. The van der Waals surface area contributed by atoms with Crippen LogP contribution in [-0.4, -0.2) is 15.7 Å². The molecule has 1 atom stereocenters. The van der Waals surface area contributed by atoms with Gasteiger partial charge in [0.15, 0.2) is 0 Å². The molecule has 1 aromatic carbocycles. The van der Waals surface area contributed by atoms with Crippen LogP contribution in [0, 0.1) is 0 Å². The van der Waals surface area contributed by atoms with Gasteiger partial charge < -0.3 is 5.32 Å². The Bertz CT molecular complexity index is 607. The van der Waals surface area contributed by atoms with Gasteiger partial charge in [-0.2, -0.15) is 5.10 Å². The Hall–Kier alpha value is -1.81. The SMILES string of the molecule is CCC(NC(=O)CCCc1ccc(Cl)cc1)c1ccnn1C. The monoisotopic (exact) mass is 319 g/mol. The van der Waals surface area contributed by atoms with E-state index in [4.69, 9.17) is 11.6 Å². The van der Waals surface area contributed by atoms with Gasteiger partial charge in [-0.15, -0.1) is 0 Å². The highest BCUT2D eigenvalue weighted by molar-refractivity contribution is 6.30. The van der Waals surface area contributed by atoms with E-state index in [-0.39, 0.29) is 11.9 Å². The number of hydrogen-bond donors (Lipinski definition) is 1. The van der Waals surface area contributed by atoms with E-state index in [1.54, 1.807) is 6.20 Å². The first-order valence-electron chi connectivity index (χ1n) is 7.62. The molecule has 1 amide bonds. The number of benzene rings is 1. The number of nitrogens with one attached hydrogen (secondary N) is 1. The minimum absolute atomic E-state index is 0.0236. The number of carbonyl (C=O) groups is 1. The van der Waals surface area contributed by atoms with Crippen LogP contribution in [0.15, 0.2) is 36.5 Å². The molecule has 0 aliphatic rings. The predicted octanol–water partition coefficient (Wildman–Crippen LogP) is 3.66. The van der Waals surface area contributed by atoms with E-state index in [1.807, 2.05) is 42.1 Å². The van der Waals surface area contributed by atoms with Gasteiger partial charge in [-0.3, -0.25) is 9.48 Å². The number of hydrogen-bond acceptors (Lipinski definition) is 2. The summed E-state index contributed by atoms with van der Waals surface area (Å²) in [6.45, 7) is 2.06. The topological polar surface area (TPSA) is 46.9 Å². The first kappa shape index (κ1) is 16.6. The number of aryl methyl sites for hydroxylation is 2. The Balaban J connectivity index is 1.79. The molecule has 118 valence electrons. The molecule has 4 nitrogen and oxygen atoms in total. The van der Waals surface area contributed by atoms with Crippen LogP contribution in [0.25, 0.3) is 0 Å². The van der Waals surface area contributed by atoms with Crippen molar-refractivity contribution in [2.24, 2.45) is 7.05 Å². The molecule has 22 heavy (non-hydrogen) atoms. The lowest BCUT2D eigenvalue weighted by Crippen LogP contribution is -2.29. The summed E-state index contributed by atoms with van der Waals surface area (Å²) in [6, 6.07) is 9.74. The van der Waals surface area contributed by atoms with Crippen molar-refractivity contribution in [3.8, 4) is 0 Å².